The molecule has 1 aliphatic heterocycles. The number of hydrogen-bond donors (Lipinski definition) is 4. The molecule has 5 atom stereocenters. The van der Waals surface area contributed by atoms with Gasteiger partial charge in [0.2, 0.25) is 23.5 Å². The third-order valence-corrected chi connectivity index (χ3v) is 7.82. The summed E-state index contributed by atoms with van der Waals surface area (Å²) in [4.78, 5) is 79.3. The van der Waals surface area contributed by atoms with Crippen molar-refractivity contribution in [2.75, 3.05) is 19.6 Å². The quantitative estimate of drug-likeness (QED) is 0.198. The number of fused-ring (bicyclic) bond motifs is 1. The van der Waals surface area contributed by atoms with E-state index >= 15 is 0 Å². The van der Waals surface area contributed by atoms with E-state index in [0.29, 0.717) is 13.0 Å². The van der Waals surface area contributed by atoms with Crippen molar-refractivity contribution >= 4 is 35.5 Å². The van der Waals surface area contributed by atoms with Crippen molar-refractivity contribution < 1.29 is 33.5 Å². The number of likely N-dealkylation sites (tertiary alicyclic amines) is 1. The molecular weight excluding hydrogens is 542 g/mol. The van der Waals surface area contributed by atoms with E-state index in [1.807, 2.05) is 41.5 Å². The van der Waals surface area contributed by atoms with Gasteiger partial charge in [-0.05, 0) is 49.9 Å². The van der Waals surface area contributed by atoms with E-state index < -0.39 is 71.2 Å². The average molecular weight is 592 g/mol. The predicted molar refractivity (Wildman–Crippen MR) is 157 cm³/mol. The third kappa shape index (κ3) is 8.54. The van der Waals surface area contributed by atoms with Crippen LogP contribution in [0.5, 0.6) is 0 Å². The molecule has 0 aromatic heterocycles. The first-order chi connectivity index (χ1) is 19.3. The molecule has 0 aromatic rings. The third-order valence-electron chi connectivity index (χ3n) is 7.82. The predicted octanol–water partition coefficient (Wildman–Crippen LogP) is 1.68. The van der Waals surface area contributed by atoms with Gasteiger partial charge in [-0.3, -0.25) is 24.0 Å². The Morgan fingerprint density at radius 1 is 1.02 bits per heavy atom. The van der Waals surface area contributed by atoms with Gasteiger partial charge in [0.05, 0.1) is 12.6 Å². The number of Topliss-reactive ketones (excluding diaryl/α,β-unsaturated/α-hetero) is 1. The van der Waals surface area contributed by atoms with Crippen LogP contribution >= 0.6 is 0 Å². The number of amides is 5. The van der Waals surface area contributed by atoms with Crippen LogP contribution in [0, 0.1) is 22.7 Å². The Kier molecular flexibility index (Phi) is 11.0. The summed E-state index contributed by atoms with van der Waals surface area (Å²) >= 11 is 0. The average Bonchev–Trinajstić information content (AvgIpc) is 3.19. The molecule has 42 heavy (non-hydrogen) atoms. The summed E-state index contributed by atoms with van der Waals surface area (Å²) in [5.74, 6) is -3.37. The van der Waals surface area contributed by atoms with Crippen LogP contribution in [0.4, 0.5) is 4.79 Å². The largest absolute Gasteiger partial charge is 0.444 e. The molecule has 1 heterocycles. The number of piperidine rings is 1. The number of ether oxygens (including phenoxy) is 1. The summed E-state index contributed by atoms with van der Waals surface area (Å²) in [6, 6.07) is -2.99. The molecule has 1 unspecified atom stereocenters. The molecule has 2 fully saturated rings. The van der Waals surface area contributed by atoms with Crippen molar-refractivity contribution in [1.29, 1.82) is 0 Å². The maximum Gasteiger partial charge on any atom is 0.408 e. The Bertz CT molecular complexity index is 1090. The molecule has 0 spiro atoms. The number of nitrogens with zero attached hydrogens (tertiary/aromatic N) is 1. The molecule has 2 rings (SSSR count). The van der Waals surface area contributed by atoms with Crippen molar-refractivity contribution in [2.45, 2.75) is 98.9 Å². The van der Waals surface area contributed by atoms with Gasteiger partial charge in [-0.15, -0.1) is 6.58 Å². The summed E-state index contributed by atoms with van der Waals surface area (Å²) in [5.41, 5.74) is -1.66. The summed E-state index contributed by atoms with van der Waals surface area (Å²) in [5, 5.41) is 10.2. The molecule has 2 aliphatic rings. The number of ketones is 1. The Morgan fingerprint density at radius 2 is 1.64 bits per heavy atom. The van der Waals surface area contributed by atoms with Crippen molar-refractivity contribution in [3.63, 3.8) is 0 Å². The fourth-order valence-corrected chi connectivity index (χ4v) is 5.52. The highest BCUT2D eigenvalue weighted by molar-refractivity contribution is 6.38. The highest BCUT2D eigenvalue weighted by Crippen LogP contribution is 2.65. The number of alkyl carbamates (subject to hydrolysis) is 1. The first-order valence-electron chi connectivity index (χ1n) is 14.6. The molecular formula is C30H49N5O7. The Morgan fingerprint density at radius 3 is 2.17 bits per heavy atom. The zero-order valence-electron chi connectivity index (χ0n) is 26.5. The Labute approximate surface area is 249 Å². The van der Waals surface area contributed by atoms with Gasteiger partial charge in [0, 0.05) is 13.1 Å². The van der Waals surface area contributed by atoms with Crippen LogP contribution in [0.3, 0.4) is 0 Å². The lowest BCUT2D eigenvalue weighted by Gasteiger charge is -2.38. The molecule has 12 nitrogen and oxygen atoms in total. The lowest BCUT2D eigenvalue weighted by atomic mass is 9.85. The second-order valence-electron chi connectivity index (χ2n) is 13.8. The van der Waals surface area contributed by atoms with Gasteiger partial charge in [-0.2, -0.15) is 0 Å². The van der Waals surface area contributed by atoms with Crippen molar-refractivity contribution in [3.8, 4) is 0 Å². The molecule has 0 bridgehead atoms. The van der Waals surface area contributed by atoms with E-state index in [2.05, 4.69) is 27.8 Å². The minimum Gasteiger partial charge on any atom is -0.444 e. The molecule has 1 saturated heterocycles. The lowest BCUT2D eigenvalue weighted by Crippen LogP contribution is -2.60. The molecule has 5 amide bonds. The number of nitrogens with one attached hydrogen (secondary N) is 4. The molecule has 12 heteroatoms. The molecule has 1 saturated carbocycles. The van der Waals surface area contributed by atoms with E-state index in [-0.39, 0.29) is 30.2 Å². The highest BCUT2D eigenvalue weighted by atomic mass is 16.6. The van der Waals surface area contributed by atoms with Crippen molar-refractivity contribution in [3.05, 3.63) is 12.7 Å². The SMILES string of the molecule is C=CCNC(=O)CNC(=O)C(=O)C(CCC)NC(=O)[C@@H]1[C@@H]2[C@H](CN1C(=O)[C@@H](NC(=O)OC(C)(C)C)C(C)(C)C)C2(C)C. The molecule has 1 aliphatic carbocycles. The smallest absolute Gasteiger partial charge is 0.408 e. The molecule has 4 N–H and O–H groups in total. The van der Waals surface area contributed by atoms with Crippen LogP contribution < -0.4 is 21.3 Å². The monoisotopic (exact) mass is 591 g/mol. The summed E-state index contributed by atoms with van der Waals surface area (Å²) in [6.07, 6.45) is 1.45. The van der Waals surface area contributed by atoms with Gasteiger partial charge in [0.15, 0.2) is 0 Å². The van der Waals surface area contributed by atoms with Gasteiger partial charge >= 0.3 is 6.09 Å². The fourth-order valence-electron chi connectivity index (χ4n) is 5.52. The summed E-state index contributed by atoms with van der Waals surface area (Å²) in [7, 11) is 0. The molecule has 0 radical (unpaired) electrons. The first-order valence-corrected chi connectivity index (χ1v) is 14.6. The van der Waals surface area contributed by atoms with Crippen LogP contribution in [-0.2, 0) is 28.7 Å². The molecule has 0 aromatic carbocycles. The van der Waals surface area contributed by atoms with E-state index in [4.69, 9.17) is 4.74 Å². The number of hydrogen-bond acceptors (Lipinski definition) is 7. The summed E-state index contributed by atoms with van der Waals surface area (Å²) < 4.78 is 5.39. The van der Waals surface area contributed by atoms with Crippen LogP contribution in [0.15, 0.2) is 12.7 Å². The minimum atomic E-state index is -1.13. The van der Waals surface area contributed by atoms with E-state index in [0.717, 1.165) is 0 Å². The Balaban J connectivity index is 2.24. The lowest BCUT2D eigenvalue weighted by molar-refractivity contribution is -0.145. The standard InChI is InChI=1S/C30H49N5O7/c1-11-13-18(22(37)25(39)32-15-19(36)31-14-12-2)33-24(38)21-20-17(30(20,9)10)16-35(21)26(40)23(28(3,4)5)34-27(41)42-29(6,7)8/h12,17-18,20-21,23H,2,11,13-16H2,1,3-10H3,(H,31,36)(H,32,39)(H,33,38)(H,34,41)/t17-,18?,20-,21-,23+/m0/s1. The van der Waals surface area contributed by atoms with Gasteiger partial charge in [-0.1, -0.05) is 54.0 Å². The van der Waals surface area contributed by atoms with E-state index in [1.165, 1.54) is 11.0 Å². The normalized spacial score (nSPS) is 22.1. The van der Waals surface area contributed by atoms with Crippen molar-refractivity contribution in [1.82, 2.24) is 26.2 Å². The second kappa shape index (κ2) is 13.2. The summed E-state index contributed by atoms with van der Waals surface area (Å²) in [6.45, 7) is 20.1. The highest BCUT2D eigenvalue weighted by Gasteiger charge is 2.70. The van der Waals surface area contributed by atoms with E-state index in [1.54, 1.807) is 20.8 Å². The number of carbonyl (C=O) groups excluding carboxylic acids is 6. The maximum atomic E-state index is 14.0. The zero-order valence-corrected chi connectivity index (χ0v) is 26.5. The van der Waals surface area contributed by atoms with E-state index in [9.17, 15) is 28.8 Å². The molecule has 236 valence electrons. The number of carbonyl (C=O) groups is 6. The van der Waals surface area contributed by atoms with Crippen molar-refractivity contribution in [2.24, 2.45) is 22.7 Å². The fraction of sp³-hybridized carbons (Fsp3) is 0.733. The first kappa shape index (κ1) is 34.8. The van der Waals surface area contributed by atoms with Gasteiger partial charge in [-0.25, -0.2) is 4.79 Å². The van der Waals surface area contributed by atoms with Gasteiger partial charge < -0.3 is 30.9 Å². The van der Waals surface area contributed by atoms with Crippen LogP contribution in [0.2, 0.25) is 0 Å². The number of rotatable bonds is 12. The maximum absolute atomic E-state index is 14.0. The van der Waals surface area contributed by atoms with Gasteiger partial charge in [0.25, 0.3) is 5.91 Å². The minimum absolute atomic E-state index is 0.0667. The van der Waals surface area contributed by atoms with Crippen LogP contribution in [-0.4, -0.2) is 83.8 Å². The van der Waals surface area contributed by atoms with Crippen LogP contribution in [0.25, 0.3) is 0 Å². The topological polar surface area (TPSA) is 163 Å². The zero-order chi connectivity index (χ0) is 32.2. The van der Waals surface area contributed by atoms with Crippen LogP contribution in [0.1, 0.15) is 75.2 Å². The Hall–Kier alpha value is -3.44. The second-order valence-corrected chi connectivity index (χ2v) is 13.8. The van der Waals surface area contributed by atoms with Gasteiger partial charge in [0.1, 0.15) is 17.7 Å².